The molecule has 2 aromatic heterocycles. The van der Waals surface area contributed by atoms with Gasteiger partial charge in [-0.15, -0.1) is 0 Å². The Labute approximate surface area is 153 Å². The van der Waals surface area contributed by atoms with Crippen LogP contribution >= 0.6 is 0 Å². The molecule has 0 atom stereocenters. The van der Waals surface area contributed by atoms with Crippen LogP contribution in [0.3, 0.4) is 0 Å². The third-order valence-electron chi connectivity index (χ3n) is 4.16. The number of aromatic nitrogens is 3. The molecule has 0 aliphatic carbocycles. The van der Waals surface area contributed by atoms with E-state index in [4.69, 9.17) is 0 Å². The minimum atomic E-state index is -0.386. The van der Waals surface area contributed by atoms with Crippen molar-refractivity contribution in [2.45, 2.75) is 6.54 Å². The van der Waals surface area contributed by atoms with Crippen LogP contribution in [0.25, 0.3) is 16.9 Å². The Bertz CT molecular complexity index is 1120. The second-order valence-corrected chi connectivity index (χ2v) is 5.91. The Balaban J connectivity index is 1.63. The molecule has 1 N–H and O–H groups in total. The van der Waals surface area contributed by atoms with Crippen LogP contribution in [-0.2, 0) is 6.54 Å². The second kappa shape index (κ2) is 6.95. The predicted octanol–water partition coefficient (Wildman–Crippen LogP) is 3.60. The van der Waals surface area contributed by atoms with E-state index in [1.807, 2.05) is 0 Å². The van der Waals surface area contributed by atoms with Gasteiger partial charge in [0.25, 0.3) is 5.91 Å². The zero-order valence-corrected chi connectivity index (χ0v) is 14.1. The first kappa shape index (κ1) is 16.8. The normalized spacial score (nSPS) is 10.9. The van der Waals surface area contributed by atoms with Crippen LogP contribution < -0.4 is 5.32 Å². The summed E-state index contributed by atoms with van der Waals surface area (Å²) in [5.74, 6) is -1.09. The van der Waals surface area contributed by atoms with E-state index in [2.05, 4.69) is 15.4 Å². The van der Waals surface area contributed by atoms with E-state index in [-0.39, 0.29) is 29.6 Å². The maximum Gasteiger partial charge on any atom is 0.257 e. The van der Waals surface area contributed by atoms with Crippen molar-refractivity contribution in [3.05, 3.63) is 89.8 Å². The second-order valence-electron chi connectivity index (χ2n) is 5.91. The van der Waals surface area contributed by atoms with Gasteiger partial charge in [0.05, 0.1) is 11.9 Å². The molecule has 0 aliphatic rings. The van der Waals surface area contributed by atoms with Gasteiger partial charge < -0.3 is 5.32 Å². The van der Waals surface area contributed by atoms with Crippen molar-refractivity contribution in [2.24, 2.45) is 0 Å². The van der Waals surface area contributed by atoms with Gasteiger partial charge in [0, 0.05) is 18.3 Å². The minimum absolute atomic E-state index is 0.240. The van der Waals surface area contributed by atoms with Crippen LogP contribution in [0, 0.1) is 11.6 Å². The molecule has 0 radical (unpaired) electrons. The minimum Gasteiger partial charge on any atom is -0.348 e. The van der Waals surface area contributed by atoms with E-state index in [0.717, 1.165) is 5.56 Å². The predicted molar refractivity (Wildman–Crippen MR) is 96.0 cm³/mol. The average Bonchev–Trinajstić information content (AvgIpc) is 3.12. The third kappa shape index (κ3) is 3.27. The van der Waals surface area contributed by atoms with E-state index >= 15 is 0 Å². The highest BCUT2D eigenvalue weighted by molar-refractivity contribution is 5.99. The highest BCUT2D eigenvalue weighted by atomic mass is 19.1. The van der Waals surface area contributed by atoms with Crippen molar-refractivity contribution < 1.29 is 13.6 Å². The monoisotopic (exact) mass is 364 g/mol. The quantitative estimate of drug-likeness (QED) is 0.602. The number of fused-ring (bicyclic) bond motifs is 1. The molecule has 4 rings (SSSR count). The summed E-state index contributed by atoms with van der Waals surface area (Å²) in [7, 11) is 0. The smallest absolute Gasteiger partial charge is 0.257 e. The summed E-state index contributed by atoms with van der Waals surface area (Å²) in [6.07, 6.45) is 2.90. The van der Waals surface area contributed by atoms with Crippen molar-refractivity contribution in [1.29, 1.82) is 0 Å². The number of hydrogen-bond donors (Lipinski definition) is 1. The molecule has 27 heavy (non-hydrogen) atoms. The lowest BCUT2D eigenvalue weighted by molar-refractivity contribution is 0.0952. The largest absolute Gasteiger partial charge is 0.348 e. The van der Waals surface area contributed by atoms with E-state index in [1.165, 1.54) is 35.1 Å². The lowest BCUT2D eigenvalue weighted by Gasteiger charge is -2.07. The SMILES string of the molecule is O=C(NCc1ccc(F)cc1)c1cnn2c(-c3ccccc3F)ccnc12. The molecule has 4 aromatic rings. The molecule has 5 nitrogen and oxygen atoms in total. The Morgan fingerprint density at radius 3 is 2.59 bits per heavy atom. The fourth-order valence-electron chi connectivity index (χ4n) is 2.80. The maximum absolute atomic E-state index is 14.1. The molecule has 0 saturated carbocycles. The topological polar surface area (TPSA) is 59.3 Å². The van der Waals surface area contributed by atoms with Crippen LogP contribution in [0.2, 0.25) is 0 Å². The van der Waals surface area contributed by atoms with Crippen molar-refractivity contribution in [3.63, 3.8) is 0 Å². The highest BCUT2D eigenvalue weighted by Gasteiger charge is 2.17. The molecule has 1 amide bonds. The number of carbonyl (C=O) groups excluding carboxylic acids is 1. The van der Waals surface area contributed by atoms with Crippen molar-refractivity contribution in [2.75, 3.05) is 0 Å². The molecule has 0 bridgehead atoms. The first-order valence-corrected chi connectivity index (χ1v) is 8.24. The Morgan fingerprint density at radius 1 is 1.04 bits per heavy atom. The van der Waals surface area contributed by atoms with E-state index in [1.54, 1.807) is 36.4 Å². The van der Waals surface area contributed by atoms with Gasteiger partial charge in [0.15, 0.2) is 5.65 Å². The van der Waals surface area contributed by atoms with Gasteiger partial charge >= 0.3 is 0 Å². The Kier molecular flexibility index (Phi) is 4.33. The summed E-state index contributed by atoms with van der Waals surface area (Å²) in [5.41, 5.74) is 2.23. The summed E-state index contributed by atoms with van der Waals surface area (Å²) in [4.78, 5) is 16.7. The Hall–Kier alpha value is -3.61. The van der Waals surface area contributed by atoms with Gasteiger partial charge in [-0.2, -0.15) is 5.10 Å². The zero-order valence-electron chi connectivity index (χ0n) is 14.1. The van der Waals surface area contributed by atoms with Crippen LogP contribution in [0.4, 0.5) is 8.78 Å². The molecule has 2 aromatic carbocycles. The van der Waals surface area contributed by atoms with Crippen LogP contribution in [0.1, 0.15) is 15.9 Å². The fourth-order valence-corrected chi connectivity index (χ4v) is 2.80. The lowest BCUT2D eigenvalue weighted by Crippen LogP contribution is -2.22. The van der Waals surface area contributed by atoms with E-state index in [9.17, 15) is 13.6 Å². The van der Waals surface area contributed by atoms with Crippen molar-refractivity contribution >= 4 is 11.6 Å². The molecule has 134 valence electrons. The molecule has 7 heteroatoms. The number of halogens is 2. The van der Waals surface area contributed by atoms with Gasteiger partial charge in [-0.25, -0.2) is 18.3 Å². The fraction of sp³-hybridized carbons (Fsp3) is 0.0500. The van der Waals surface area contributed by atoms with E-state index < -0.39 is 0 Å². The summed E-state index contributed by atoms with van der Waals surface area (Å²) in [5, 5.41) is 6.96. The van der Waals surface area contributed by atoms with Gasteiger partial charge in [0.1, 0.15) is 17.2 Å². The number of rotatable bonds is 4. The zero-order chi connectivity index (χ0) is 18.8. The molecule has 0 fully saturated rings. The highest BCUT2D eigenvalue weighted by Crippen LogP contribution is 2.23. The maximum atomic E-state index is 14.1. The summed E-state index contributed by atoms with van der Waals surface area (Å²) >= 11 is 0. The first-order valence-electron chi connectivity index (χ1n) is 8.24. The third-order valence-corrected chi connectivity index (χ3v) is 4.16. The number of nitrogens with one attached hydrogen (secondary N) is 1. The molecule has 0 aliphatic heterocycles. The standard InChI is InChI=1S/C20H14F2N4O/c21-14-7-5-13(6-8-14)11-24-20(27)16-12-25-26-18(9-10-23-19(16)26)15-3-1-2-4-17(15)22/h1-10,12H,11H2,(H,24,27). The van der Waals surface area contributed by atoms with Gasteiger partial charge in [-0.3, -0.25) is 4.79 Å². The number of hydrogen-bond acceptors (Lipinski definition) is 3. The van der Waals surface area contributed by atoms with Gasteiger partial charge in [-0.05, 0) is 35.9 Å². The van der Waals surface area contributed by atoms with Crippen LogP contribution in [0.5, 0.6) is 0 Å². The average molecular weight is 364 g/mol. The first-order chi connectivity index (χ1) is 13.1. The molecule has 0 unspecified atom stereocenters. The molecule has 0 saturated heterocycles. The lowest BCUT2D eigenvalue weighted by atomic mass is 10.1. The summed E-state index contributed by atoms with van der Waals surface area (Å²) in [6, 6.07) is 13.8. The van der Waals surface area contributed by atoms with Crippen LogP contribution in [-0.4, -0.2) is 20.5 Å². The van der Waals surface area contributed by atoms with Gasteiger partial charge in [0.2, 0.25) is 0 Å². The van der Waals surface area contributed by atoms with Crippen LogP contribution in [0.15, 0.2) is 67.0 Å². The van der Waals surface area contributed by atoms with E-state index in [0.29, 0.717) is 16.9 Å². The summed E-state index contributed by atoms with van der Waals surface area (Å²) in [6.45, 7) is 0.240. The molecular weight excluding hydrogens is 350 g/mol. The number of carbonyl (C=O) groups is 1. The van der Waals surface area contributed by atoms with Crippen molar-refractivity contribution in [1.82, 2.24) is 19.9 Å². The van der Waals surface area contributed by atoms with Gasteiger partial charge in [-0.1, -0.05) is 24.3 Å². The Morgan fingerprint density at radius 2 is 1.81 bits per heavy atom. The molecule has 0 spiro atoms. The number of benzene rings is 2. The van der Waals surface area contributed by atoms with Crippen molar-refractivity contribution in [3.8, 4) is 11.3 Å². The molecule has 2 heterocycles. The molecular formula is C20H14F2N4O. The summed E-state index contributed by atoms with van der Waals surface area (Å²) < 4.78 is 28.5. The number of nitrogens with zero attached hydrogens (tertiary/aromatic N) is 3. The number of amides is 1.